The van der Waals surface area contributed by atoms with Crippen molar-refractivity contribution in [2.45, 2.75) is 19.0 Å². The Kier molecular flexibility index (Phi) is 2.92. The Morgan fingerprint density at radius 1 is 1.32 bits per heavy atom. The summed E-state index contributed by atoms with van der Waals surface area (Å²) in [4.78, 5) is 5.38. The van der Waals surface area contributed by atoms with Crippen molar-refractivity contribution in [1.29, 1.82) is 0 Å². The van der Waals surface area contributed by atoms with Crippen LogP contribution in [0, 0.1) is 5.41 Å². The molecule has 2 aliphatic rings. The molecule has 0 atom stereocenters. The van der Waals surface area contributed by atoms with Crippen LogP contribution in [0.1, 0.15) is 18.5 Å². The number of aromatic nitrogens is 1. The van der Waals surface area contributed by atoms with Gasteiger partial charge in [-0.2, -0.15) is 13.2 Å². The van der Waals surface area contributed by atoms with E-state index < -0.39 is 11.9 Å². The lowest BCUT2D eigenvalue weighted by atomic mass is 9.75. The topological polar surface area (TPSA) is 28.2 Å². The van der Waals surface area contributed by atoms with Crippen LogP contribution >= 0.6 is 0 Å². The highest BCUT2D eigenvalue weighted by atomic mass is 19.4. The minimum atomic E-state index is -4.39. The van der Waals surface area contributed by atoms with E-state index in [1.807, 2.05) is 4.90 Å². The number of anilines is 1. The van der Waals surface area contributed by atoms with Gasteiger partial charge in [0.15, 0.2) is 5.69 Å². The van der Waals surface area contributed by atoms with Gasteiger partial charge in [-0.1, -0.05) is 0 Å². The SMILES string of the molecule is FC(F)(F)c1ncccc1N1CCCC2(CNC2)C1. The van der Waals surface area contributed by atoms with Crippen molar-refractivity contribution in [3.8, 4) is 0 Å². The van der Waals surface area contributed by atoms with Crippen LogP contribution in [0.5, 0.6) is 0 Å². The van der Waals surface area contributed by atoms with Crippen LogP contribution in [-0.2, 0) is 6.18 Å². The van der Waals surface area contributed by atoms with Crippen molar-refractivity contribution >= 4 is 5.69 Å². The molecule has 2 aliphatic heterocycles. The summed E-state index contributed by atoms with van der Waals surface area (Å²) >= 11 is 0. The summed E-state index contributed by atoms with van der Waals surface area (Å²) in [7, 11) is 0. The molecule has 1 N–H and O–H groups in total. The van der Waals surface area contributed by atoms with Gasteiger partial charge in [-0.25, -0.2) is 4.98 Å². The lowest BCUT2D eigenvalue weighted by Crippen LogP contribution is -2.61. The molecule has 1 aromatic heterocycles. The van der Waals surface area contributed by atoms with Crippen molar-refractivity contribution < 1.29 is 13.2 Å². The van der Waals surface area contributed by atoms with Gasteiger partial charge in [0.25, 0.3) is 0 Å². The largest absolute Gasteiger partial charge is 0.435 e. The second-order valence-electron chi connectivity index (χ2n) is 5.50. The highest BCUT2D eigenvalue weighted by Crippen LogP contribution is 2.40. The van der Waals surface area contributed by atoms with E-state index in [9.17, 15) is 13.2 Å². The fraction of sp³-hybridized carbons (Fsp3) is 0.615. The smallest absolute Gasteiger partial charge is 0.369 e. The number of hydrogen-bond donors (Lipinski definition) is 1. The maximum Gasteiger partial charge on any atom is 0.435 e. The van der Waals surface area contributed by atoms with Gasteiger partial charge in [0.1, 0.15) is 0 Å². The van der Waals surface area contributed by atoms with Crippen molar-refractivity contribution in [3.63, 3.8) is 0 Å². The van der Waals surface area contributed by atoms with Gasteiger partial charge in [-0.05, 0) is 25.0 Å². The molecule has 0 aromatic carbocycles. The van der Waals surface area contributed by atoms with E-state index in [0.717, 1.165) is 25.9 Å². The third-order valence-corrected chi connectivity index (χ3v) is 4.06. The standard InChI is InChI=1S/C13H16F3N3/c14-13(15,16)11-10(3-1-5-18-11)19-6-2-4-12(9-19)7-17-8-12/h1,3,5,17H,2,4,6-9H2. The summed E-state index contributed by atoms with van der Waals surface area (Å²) in [6.45, 7) is 3.18. The van der Waals surface area contributed by atoms with Crippen LogP contribution in [0.3, 0.4) is 0 Å². The molecule has 0 bridgehead atoms. The molecule has 6 heteroatoms. The van der Waals surface area contributed by atoms with Gasteiger partial charge in [-0.15, -0.1) is 0 Å². The lowest BCUT2D eigenvalue weighted by molar-refractivity contribution is -0.140. The van der Waals surface area contributed by atoms with E-state index >= 15 is 0 Å². The number of rotatable bonds is 1. The molecule has 19 heavy (non-hydrogen) atoms. The first-order valence-electron chi connectivity index (χ1n) is 6.48. The first-order chi connectivity index (χ1) is 9.00. The quantitative estimate of drug-likeness (QED) is 0.849. The molecule has 3 heterocycles. The number of piperidine rings is 1. The Balaban J connectivity index is 1.89. The molecule has 1 aromatic rings. The molecule has 0 amide bonds. The molecule has 0 unspecified atom stereocenters. The normalized spacial score (nSPS) is 22.4. The molecule has 2 fully saturated rings. The van der Waals surface area contributed by atoms with E-state index in [1.165, 1.54) is 12.3 Å². The zero-order valence-corrected chi connectivity index (χ0v) is 10.5. The number of nitrogens with one attached hydrogen (secondary N) is 1. The Labute approximate surface area is 109 Å². The van der Waals surface area contributed by atoms with E-state index in [0.29, 0.717) is 13.1 Å². The average molecular weight is 271 g/mol. The lowest BCUT2D eigenvalue weighted by Gasteiger charge is -2.50. The molecule has 1 spiro atoms. The number of nitrogens with zero attached hydrogens (tertiary/aromatic N) is 2. The van der Waals surface area contributed by atoms with E-state index in [1.54, 1.807) is 6.07 Å². The van der Waals surface area contributed by atoms with Gasteiger partial charge < -0.3 is 10.2 Å². The number of pyridine rings is 1. The Bertz CT molecular complexity index is 468. The highest BCUT2D eigenvalue weighted by Gasteiger charge is 2.43. The summed E-state index contributed by atoms with van der Waals surface area (Å²) in [6.07, 6.45) is -1.15. The maximum absolute atomic E-state index is 13.0. The third-order valence-electron chi connectivity index (χ3n) is 4.06. The Morgan fingerprint density at radius 3 is 2.74 bits per heavy atom. The molecule has 3 nitrogen and oxygen atoms in total. The maximum atomic E-state index is 13.0. The summed E-state index contributed by atoms with van der Waals surface area (Å²) in [5.74, 6) is 0. The predicted molar refractivity (Wildman–Crippen MR) is 66.0 cm³/mol. The second kappa shape index (κ2) is 4.37. The molecule has 0 radical (unpaired) electrons. The number of halogens is 3. The zero-order chi connectivity index (χ0) is 13.5. The summed E-state index contributed by atoms with van der Waals surface area (Å²) in [5, 5.41) is 3.22. The van der Waals surface area contributed by atoms with Gasteiger partial charge in [0.05, 0.1) is 5.69 Å². The summed E-state index contributed by atoms with van der Waals surface area (Å²) < 4.78 is 39.0. The molecular formula is C13H16F3N3. The Morgan fingerprint density at radius 2 is 2.11 bits per heavy atom. The number of alkyl halides is 3. The van der Waals surface area contributed by atoms with Gasteiger partial charge in [-0.3, -0.25) is 0 Å². The van der Waals surface area contributed by atoms with Crippen molar-refractivity contribution in [2.24, 2.45) is 5.41 Å². The molecule has 0 saturated carbocycles. The van der Waals surface area contributed by atoms with E-state index in [2.05, 4.69) is 10.3 Å². The fourth-order valence-corrected chi connectivity index (χ4v) is 3.05. The highest BCUT2D eigenvalue weighted by molar-refractivity contribution is 5.52. The van der Waals surface area contributed by atoms with Crippen molar-refractivity contribution in [3.05, 3.63) is 24.0 Å². The predicted octanol–water partition coefficient (Wildman–Crippen LogP) is 2.29. The molecular weight excluding hydrogens is 255 g/mol. The van der Waals surface area contributed by atoms with Crippen molar-refractivity contribution in [1.82, 2.24) is 10.3 Å². The van der Waals surface area contributed by atoms with E-state index in [4.69, 9.17) is 0 Å². The molecule has 2 saturated heterocycles. The van der Waals surface area contributed by atoms with Crippen molar-refractivity contribution in [2.75, 3.05) is 31.1 Å². The van der Waals surface area contributed by atoms with Crippen LogP contribution in [0.2, 0.25) is 0 Å². The summed E-state index contributed by atoms with van der Waals surface area (Å²) in [5.41, 5.74) is -0.378. The minimum Gasteiger partial charge on any atom is -0.369 e. The van der Waals surface area contributed by atoms with Gasteiger partial charge >= 0.3 is 6.18 Å². The van der Waals surface area contributed by atoms with E-state index in [-0.39, 0.29) is 11.1 Å². The fourth-order valence-electron chi connectivity index (χ4n) is 3.05. The average Bonchev–Trinajstić information content (AvgIpc) is 2.36. The molecule has 3 rings (SSSR count). The first kappa shape index (κ1) is 12.7. The molecule has 0 aliphatic carbocycles. The van der Waals surface area contributed by atoms with Crippen LogP contribution in [0.25, 0.3) is 0 Å². The van der Waals surface area contributed by atoms with Crippen LogP contribution < -0.4 is 10.2 Å². The van der Waals surface area contributed by atoms with Gasteiger partial charge in [0, 0.05) is 37.8 Å². The van der Waals surface area contributed by atoms with Gasteiger partial charge in [0.2, 0.25) is 0 Å². The monoisotopic (exact) mass is 271 g/mol. The summed E-state index contributed by atoms with van der Waals surface area (Å²) in [6, 6.07) is 3.10. The first-order valence-corrected chi connectivity index (χ1v) is 6.48. The molecule has 104 valence electrons. The Hall–Kier alpha value is -1.30. The minimum absolute atomic E-state index is 0.164. The zero-order valence-electron chi connectivity index (χ0n) is 10.5. The van der Waals surface area contributed by atoms with Crippen LogP contribution in [-0.4, -0.2) is 31.2 Å². The van der Waals surface area contributed by atoms with Crippen LogP contribution in [0.15, 0.2) is 18.3 Å². The third kappa shape index (κ3) is 2.29. The number of hydrogen-bond acceptors (Lipinski definition) is 3. The van der Waals surface area contributed by atoms with Crippen LogP contribution in [0.4, 0.5) is 18.9 Å². The second-order valence-corrected chi connectivity index (χ2v) is 5.50.